The molecule has 1 rings (SSSR count). The van der Waals surface area contributed by atoms with E-state index in [0.29, 0.717) is 35.5 Å². The van der Waals surface area contributed by atoms with Crippen molar-refractivity contribution < 1.29 is 9.90 Å². The lowest BCUT2D eigenvalue weighted by Crippen LogP contribution is -2.37. The van der Waals surface area contributed by atoms with Gasteiger partial charge in [-0.25, -0.2) is 0 Å². The van der Waals surface area contributed by atoms with Crippen LogP contribution in [0.2, 0.25) is 5.02 Å². The fraction of sp³-hybridized carbons (Fsp3) is 0.533. The molecule has 1 N–H and O–H groups in total. The molecule has 106 valence electrons. The van der Waals surface area contributed by atoms with E-state index in [1.54, 1.807) is 11.0 Å². The molecule has 0 heterocycles. The first-order chi connectivity index (χ1) is 8.81. The van der Waals surface area contributed by atoms with Gasteiger partial charge >= 0.3 is 0 Å². The van der Waals surface area contributed by atoms with Crippen molar-refractivity contribution in [2.75, 3.05) is 13.1 Å². The van der Waals surface area contributed by atoms with Crippen molar-refractivity contribution in [3.8, 4) is 5.75 Å². The molecule has 0 fully saturated rings. The van der Waals surface area contributed by atoms with Crippen LogP contribution in [0.3, 0.4) is 0 Å². The first kappa shape index (κ1) is 15.8. The minimum Gasteiger partial charge on any atom is -0.508 e. The van der Waals surface area contributed by atoms with E-state index in [9.17, 15) is 9.90 Å². The smallest absolute Gasteiger partial charge is 0.255 e. The summed E-state index contributed by atoms with van der Waals surface area (Å²) in [5, 5.41) is 9.88. The number of benzene rings is 1. The first-order valence-electron chi connectivity index (χ1n) is 6.59. The van der Waals surface area contributed by atoms with Crippen molar-refractivity contribution in [2.45, 2.75) is 27.7 Å². The molecule has 0 aliphatic rings. The van der Waals surface area contributed by atoms with Gasteiger partial charge in [0.1, 0.15) is 5.75 Å². The summed E-state index contributed by atoms with van der Waals surface area (Å²) in [6.07, 6.45) is 0. The summed E-state index contributed by atoms with van der Waals surface area (Å²) in [4.78, 5) is 14.3. The van der Waals surface area contributed by atoms with Crippen molar-refractivity contribution in [1.29, 1.82) is 0 Å². The topological polar surface area (TPSA) is 40.5 Å². The molecule has 0 bridgehead atoms. The Kier molecular flexibility index (Phi) is 5.67. The SMILES string of the molecule is CC(C)CN(CC(C)C)C(=O)c1cc(O)ccc1Cl. The molecule has 1 aromatic carbocycles. The van der Waals surface area contributed by atoms with Crippen LogP contribution in [0.1, 0.15) is 38.1 Å². The molecule has 3 nitrogen and oxygen atoms in total. The molecule has 0 unspecified atom stereocenters. The minimum atomic E-state index is -0.122. The summed E-state index contributed by atoms with van der Waals surface area (Å²) < 4.78 is 0. The lowest BCUT2D eigenvalue weighted by atomic mass is 10.1. The van der Waals surface area contributed by atoms with Gasteiger partial charge in [0.2, 0.25) is 0 Å². The van der Waals surface area contributed by atoms with Crippen LogP contribution in [0, 0.1) is 11.8 Å². The average Bonchev–Trinajstić information content (AvgIpc) is 2.29. The van der Waals surface area contributed by atoms with E-state index in [1.165, 1.54) is 12.1 Å². The van der Waals surface area contributed by atoms with Crippen molar-refractivity contribution in [1.82, 2.24) is 4.90 Å². The summed E-state index contributed by atoms with van der Waals surface area (Å²) >= 11 is 6.05. The number of halogens is 1. The van der Waals surface area contributed by atoms with Crippen molar-refractivity contribution in [2.24, 2.45) is 11.8 Å². The van der Waals surface area contributed by atoms with Crippen molar-refractivity contribution in [3.05, 3.63) is 28.8 Å². The number of nitrogens with zero attached hydrogens (tertiary/aromatic N) is 1. The van der Waals surface area contributed by atoms with Gasteiger partial charge in [0, 0.05) is 13.1 Å². The van der Waals surface area contributed by atoms with Crippen molar-refractivity contribution in [3.63, 3.8) is 0 Å². The van der Waals surface area contributed by atoms with Crippen LogP contribution in [0.5, 0.6) is 5.75 Å². The molecular formula is C15H22ClNO2. The van der Waals surface area contributed by atoms with Gasteiger partial charge in [0.15, 0.2) is 0 Å². The lowest BCUT2D eigenvalue weighted by Gasteiger charge is -2.26. The van der Waals surface area contributed by atoms with E-state index < -0.39 is 0 Å². The van der Waals surface area contributed by atoms with Crippen LogP contribution in [0.15, 0.2) is 18.2 Å². The van der Waals surface area contributed by atoms with E-state index in [4.69, 9.17) is 11.6 Å². The number of carbonyl (C=O) groups excluding carboxylic acids is 1. The second kappa shape index (κ2) is 6.80. The zero-order valence-corrected chi connectivity index (χ0v) is 12.7. The summed E-state index contributed by atoms with van der Waals surface area (Å²) in [6, 6.07) is 4.46. The summed E-state index contributed by atoms with van der Waals surface area (Å²) in [7, 11) is 0. The first-order valence-corrected chi connectivity index (χ1v) is 6.96. The Morgan fingerprint density at radius 2 is 1.74 bits per heavy atom. The number of phenols is 1. The quantitative estimate of drug-likeness (QED) is 0.893. The average molecular weight is 284 g/mol. The molecule has 0 radical (unpaired) electrons. The molecule has 0 aromatic heterocycles. The molecule has 0 saturated carbocycles. The normalized spacial score (nSPS) is 11.1. The molecule has 0 aliphatic heterocycles. The summed E-state index contributed by atoms with van der Waals surface area (Å²) in [6.45, 7) is 9.66. The Labute approximate surface area is 120 Å². The minimum absolute atomic E-state index is 0.0572. The van der Waals surface area contributed by atoms with Gasteiger partial charge in [0.25, 0.3) is 5.91 Å². The van der Waals surface area contributed by atoms with E-state index >= 15 is 0 Å². The fourth-order valence-corrected chi connectivity index (χ4v) is 2.17. The predicted molar refractivity (Wildman–Crippen MR) is 78.7 cm³/mol. The van der Waals surface area contributed by atoms with Gasteiger partial charge in [-0.2, -0.15) is 0 Å². The fourth-order valence-electron chi connectivity index (χ4n) is 1.97. The maximum absolute atomic E-state index is 12.5. The third-order valence-electron chi connectivity index (χ3n) is 2.64. The van der Waals surface area contributed by atoms with Gasteiger partial charge in [0.05, 0.1) is 10.6 Å². The standard InChI is InChI=1S/C15H22ClNO2/c1-10(2)8-17(9-11(3)4)15(19)13-7-12(18)5-6-14(13)16/h5-7,10-11,18H,8-9H2,1-4H3. The Bertz CT molecular complexity index is 434. The van der Waals surface area contributed by atoms with Crippen LogP contribution in [0.25, 0.3) is 0 Å². The number of carbonyl (C=O) groups is 1. The Morgan fingerprint density at radius 3 is 2.21 bits per heavy atom. The highest BCUT2D eigenvalue weighted by Gasteiger charge is 2.20. The van der Waals surface area contributed by atoms with Gasteiger partial charge in [-0.1, -0.05) is 39.3 Å². The highest BCUT2D eigenvalue weighted by atomic mass is 35.5. The van der Waals surface area contributed by atoms with Gasteiger partial charge in [-0.05, 0) is 30.0 Å². The molecule has 0 spiro atoms. The number of hydrogen-bond donors (Lipinski definition) is 1. The predicted octanol–water partition coefficient (Wildman–Crippen LogP) is 3.80. The Balaban J connectivity index is 3.00. The molecule has 4 heteroatoms. The van der Waals surface area contributed by atoms with E-state index in [1.807, 2.05) is 0 Å². The summed E-state index contributed by atoms with van der Waals surface area (Å²) in [5.41, 5.74) is 0.364. The van der Waals surface area contributed by atoms with Crippen molar-refractivity contribution >= 4 is 17.5 Å². The molecule has 0 aliphatic carbocycles. The zero-order valence-electron chi connectivity index (χ0n) is 12.0. The van der Waals surface area contributed by atoms with Gasteiger partial charge in [-0.15, -0.1) is 0 Å². The third-order valence-corrected chi connectivity index (χ3v) is 2.97. The maximum atomic E-state index is 12.5. The number of rotatable bonds is 5. The monoisotopic (exact) mass is 283 g/mol. The van der Waals surface area contributed by atoms with Crippen LogP contribution >= 0.6 is 11.6 Å². The van der Waals surface area contributed by atoms with E-state index in [-0.39, 0.29) is 11.7 Å². The number of aromatic hydroxyl groups is 1. The molecule has 0 atom stereocenters. The van der Waals surface area contributed by atoms with Gasteiger partial charge in [-0.3, -0.25) is 4.79 Å². The van der Waals surface area contributed by atoms with Gasteiger partial charge < -0.3 is 10.0 Å². The molecule has 19 heavy (non-hydrogen) atoms. The molecule has 0 saturated heterocycles. The van der Waals surface area contributed by atoms with Crippen LogP contribution in [-0.2, 0) is 0 Å². The van der Waals surface area contributed by atoms with Crippen LogP contribution < -0.4 is 0 Å². The lowest BCUT2D eigenvalue weighted by molar-refractivity contribution is 0.0715. The van der Waals surface area contributed by atoms with Crippen LogP contribution in [0.4, 0.5) is 0 Å². The largest absolute Gasteiger partial charge is 0.508 e. The number of hydrogen-bond acceptors (Lipinski definition) is 2. The second-order valence-electron chi connectivity index (χ2n) is 5.66. The summed E-state index contributed by atoms with van der Waals surface area (Å²) in [5.74, 6) is 0.711. The molecule has 1 amide bonds. The Hall–Kier alpha value is -1.22. The number of phenolic OH excluding ortho intramolecular Hbond substituents is 1. The van der Waals surface area contributed by atoms with E-state index in [0.717, 1.165) is 0 Å². The maximum Gasteiger partial charge on any atom is 0.255 e. The number of amides is 1. The molecular weight excluding hydrogens is 262 g/mol. The Morgan fingerprint density at radius 1 is 1.21 bits per heavy atom. The van der Waals surface area contributed by atoms with E-state index in [2.05, 4.69) is 27.7 Å². The highest BCUT2D eigenvalue weighted by molar-refractivity contribution is 6.33. The zero-order chi connectivity index (χ0) is 14.6. The second-order valence-corrected chi connectivity index (χ2v) is 6.07. The third kappa shape index (κ3) is 4.75. The highest BCUT2D eigenvalue weighted by Crippen LogP contribution is 2.23. The van der Waals surface area contributed by atoms with Crippen LogP contribution in [-0.4, -0.2) is 29.0 Å². The molecule has 1 aromatic rings.